The minimum absolute atomic E-state index is 0.0758. The van der Waals surface area contributed by atoms with E-state index in [1.165, 1.54) is 6.07 Å². The predicted molar refractivity (Wildman–Crippen MR) is 372 cm³/mol. The summed E-state index contributed by atoms with van der Waals surface area (Å²) in [6.45, 7) is 4.54. The number of halogens is 4. The Morgan fingerprint density at radius 1 is 0.500 bits per heavy atom. The smallest absolute Gasteiger partial charge is 0.305 e. The fourth-order valence-corrected chi connectivity index (χ4v) is 10.4. The Labute approximate surface area is 593 Å². The highest BCUT2D eigenvalue weighted by atomic mass is 35.5. The van der Waals surface area contributed by atoms with Crippen LogP contribution in [0.5, 0.6) is 0 Å². The second-order valence-corrected chi connectivity index (χ2v) is 24.1. The minimum Gasteiger partial charge on any atom is -0.481 e. The maximum Gasteiger partial charge on any atom is 0.305 e. The van der Waals surface area contributed by atoms with Gasteiger partial charge in [-0.2, -0.15) is 0 Å². The Bertz CT molecular complexity index is 2870. The predicted octanol–water partition coefficient (Wildman–Crippen LogP) is 6.46. The molecule has 2 aromatic carbocycles. The average molecular weight is 1460 g/mol. The molecule has 5 amide bonds. The number of amides is 5. The van der Waals surface area contributed by atoms with E-state index in [0.29, 0.717) is 142 Å². The van der Waals surface area contributed by atoms with Crippen molar-refractivity contribution in [2.24, 2.45) is 0 Å². The number of hydrogen-bond acceptors (Lipinski definition) is 21. The number of pyridine rings is 2. The number of anilines is 2. The number of unbranched alkanes of at least 4 members (excludes halogenated alkanes) is 3. The topological polar surface area (TPSA) is 356 Å². The largest absolute Gasteiger partial charge is 0.481 e. The summed E-state index contributed by atoms with van der Waals surface area (Å²) in [6, 6.07) is 18.2. The van der Waals surface area contributed by atoms with E-state index in [1.807, 2.05) is 36.4 Å². The fourth-order valence-electron chi connectivity index (χ4n) is 9.33. The lowest BCUT2D eigenvalue weighted by molar-refractivity contribution is -0.138. The molecule has 0 aliphatic rings. The number of carboxylic acid groups (broad SMARTS) is 1. The van der Waals surface area contributed by atoms with Gasteiger partial charge in [0.25, 0.3) is 0 Å². The first-order valence-corrected chi connectivity index (χ1v) is 34.4. The van der Waals surface area contributed by atoms with E-state index in [1.54, 1.807) is 42.7 Å². The molecular formula is C67H96Cl4N10O17. The lowest BCUT2D eigenvalue weighted by atomic mass is 9.98. The number of carboxylic acids is 1. The first kappa shape index (κ1) is 84.0. The van der Waals surface area contributed by atoms with Crippen LogP contribution in [-0.4, -0.2) is 219 Å². The number of aldehydes is 1. The van der Waals surface area contributed by atoms with Gasteiger partial charge in [-0.1, -0.05) is 58.5 Å². The Morgan fingerprint density at radius 3 is 1.38 bits per heavy atom. The zero-order chi connectivity index (χ0) is 70.7. The maximum atomic E-state index is 13.6. The molecule has 2 heterocycles. The number of nitrogens with zero attached hydrogens (tertiary/aromatic N) is 2. The molecule has 0 saturated carbocycles. The second kappa shape index (κ2) is 52.6. The van der Waals surface area contributed by atoms with Crippen molar-refractivity contribution in [3.63, 3.8) is 0 Å². The van der Waals surface area contributed by atoms with Crippen molar-refractivity contribution in [3.8, 4) is 0 Å². The molecule has 0 radical (unpaired) electrons. The van der Waals surface area contributed by atoms with Gasteiger partial charge in [0, 0.05) is 104 Å². The van der Waals surface area contributed by atoms with Crippen LogP contribution >= 0.6 is 46.4 Å². The number of ether oxygens (including phenoxy) is 8. The van der Waals surface area contributed by atoms with Crippen LogP contribution in [0.25, 0.3) is 0 Å². The summed E-state index contributed by atoms with van der Waals surface area (Å²) in [4.78, 5) is 97.4. The Morgan fingerprint density at radius 2 is 0.929 bits per heavy atom. The first-order valence-electron chi connectivity index (χ1n) is 32.9. The molecule has 27 nitrogen and oxygen atoms in total. The molecule has 0 aliphatic carbocycles. The number of carbonyl (C=O) groups excluding carboxylic acids is 6. The third-order valence-electron chi connectivity index (χ3n) is 14.3. The van der Waals surface area contributed by atoms with Crippen LogP contribution in [0.3, 0.4) is 0 Å². The molecule has 4 rings (SSSR count). The van der Waals surface area contributed by atoms with Gasteiger partial charge in [0.1, 0.15) is 29.5 Å². The van der Waals surface area contributed by atoms with Gasteiger partial charge in [-0.05, 0) is 117 Å². The molecule has 0 bridgehead atoms. The number of benzene rings is 2. The van der Waals surface area contributed by atoms with Crippen molar-refractivity contribution in [2.75, 3.05) is 156 Å². The van der Waals surface area contributed by atoms with Crippen molar-refractivity contribution in [1.82, 2.24) is 41.9 Å². The van der Waals surface area contributed by atoms with Crippen molar-refractivity contribution >= 4 is 99.8 Å². The molecule has 4 aromatic rings. The molecule has 31 heteroatoms. The zero-order valence-electron chi connectivity index (χ0n) is 55.4. The van der Waals surface area contributed by atoms with Gasteiger partial charge >= 0.3 is 5.97 Å². The maximum absolute atomic E-state index is 13.6. The van der Waals surface area contributed by atoms with Gasteiger partial charge in [-0.25, -0.2) is 9.97 Å². The molecule has 4 unspecified atom stereocenters. The van der Waals surface area contributed by atoms with Crippen molar-refractivity contribution in [2.45, 2.75) is 101 Å². The summed E-state index contributed by atoms with van der Waals surface area (Å²) in [6.07, 6.45) is 8.16. The van der Waals surface area contributed by atoms with Gasteiger partial charge in [0.05, 0.1) is 118 Å². The van der Waals surface area contributed by atoms with Crippen molar-refractivity contribution in [3.05, 3.63) is 116 Å². The number of aromatic nitrogens is 2. The Hall–Kier alpha value is -6.41. The summed E-state index contributed by atoms with van der Waals surface area (Å²) < 4.78 is 45.1. The SMILES string of the molecule is O=CC(CNC(CC(=O)O)c1cc(Cl)cc(Cl)c1)(COCCOCCOCCOCCNC(=O)CCCCC(=O)NCCOCCOCCOCCOCC(NC(=O)CCCCNc1ccccn1)C(=O)NC(CCO)c1cc(Cl)cc(Cl)c1)NC(=O)CCCCNc1ccccn1. The molecule has 0 aliphatic heterocycles. The molecule has 0 spiro atoms. The lowest BCUT2D eigenvalue weighted by Crippen LogP contribution is -2.59. The Kier molecular flexibility index (Phi) is 45.1. The molecule has 544 valence electrons. The van der Waals surface area contributed by atoms with Gasteiger partial charge < -0.3 is 95.4 Å². The van der Waals surface area contributed by atoms with E-state index < -0.39 is 35.5 Å². The second-order valence-electron chi connectivity index (χ2n) is 22.4. The summed E-state index contributed by atoms with van der Waals surface area (Å²) in [5.74, 6) is -1.14. The van der Waals surface area contributed by atoms with E-state index in [9.17, 15) is 43.8 Å². The summed E-state index contributed by atoms with van der Waals surface area (Å²) in [5, 5.41) is 44.4. The van der Waals surface area contributed by atoms with E-state index >= 15 is 0 Å². The third kappa shape index (κ3) is 40.0. The molecule has 2 aromatic heterocycles. The van der Waals surface area contributed by atoms with Crippen molar-refractivity contribution in [1.29, 1.82) is 0 Å². The summed E-state index contributed by atoms with van der Waals surface area (Å²) in [7, 11) is 0. The molecule has 98 heavy (non-hydrogen) atoms. The van der Waals surface area contributed by atoms with E-state index in [4.69, 9.17) is 84.3 Å². The molecule has 0 saturated heterocycles. The van der Waals surface area contributed by atoms with Crippen LogP contribution in [0.4, 0.5) is 11.6 Å². The molecule has 10 N–H and O–H groups in total. The summed E-state index contributed by atoms with van der Waals surface area (Å²) >= 11 is 24.9. The quantitative estimate of drug-likeness (QED) is 0.0167. The van der Waals surface area contributed by atoms with Gasteiger partial charge in [0.15, 0.2) is 0 Å². The van der Waals surface area contributed by atoms with Crippen LogP contribution < -0.4 is 42.5 Å². The van der Waals surface area contributed by atoms with Gasteiger partial charge in [-0.15, -0.1) is 0 Å². The standard InChI is InChI=1S/C67H96Cl4N10O17/c68-52-39-50(40-53(69)43-52)56(17-24-82)80-66(90)58(79-63(86)15-5-9-20-74-59-11-3-7-18-72-59)46-97-37-35-95-33-31-93-29-27-91-25-22-76-61(84)13-1-2-14-62(85)77-23-26-92-28-30-94-32-34-96-36-38-98-49-67(48-83,81-64(87)16-6-10-21-75-60-12-4-8-19-73-60)47-78-57(45-65(88)89)51-41-54(70)44-55(71)42-51/h3-4,7-8,11-12,18-19,39-44,48,56-58,78,82H,1-2,5-6,9-10,13-17,20-38,45-47,49H2,(H,72,74)(H,73,75)(H,76,84)(H,77,85)(H,79,86)(H,80,90)(H,81,87)(H,88,89). The highest BCUT2D eigenvalue weighted by Crippen LogP contribution is 2.27. The van der Waals surface area contributed by atoms with Crippen molar-refractivity contribution < 1.29 is 81.7 Å². The highest BCUT2D eigenvalue weighted by molar-refractivity contribution is 6.35. The fraction of sp³-hybridized carbons (Fsp3) is 0.567. The number of nitrogens with one attached hydrogen (secondary N) is 8. The normalized spacial score (nSPS) is 12.7. The van der Waals surface area contributed by atoms with E-state index in [2.05, 4.69) is 52.5 Å². The van der Waals surface area contributed by atoms with Gasteiger partial charge in [-0.3, -0.25) is 28.8 Å². The monoisotopic (exact) mass is 1450 g/mol. The third-order valence-corrected chi connectivity index (χ3v) is 15.2. The summed E-state index contributed by atoms with van der Waals surface area (Å²) in [5.41, 5.74) is -0.470. The zero-order valence-corrected chi connectivity index (χ0v) is 58.4. The highest BCUT2D eigenvalue weighted by Gasteiger charge is 2.34. The molecule has 4 atom stereocenters. The minimum atomic E-state index is -1.56. The Balaban J connectivity index is 0.961. The number of aliphatic hydroxyl groups excluding tert-OH is 1. The van der Waals surface area contributed by atoms with Crippen LogP contribution in [0.15, 0.2) is 85.2 Å². The molecular weight excluding hydrogens is 1360 g/mol. The van der Waals surface area contributed by atoms with Crippen LogP contribution in [0.1, 0.15) is 100 Å². The van der Waals surface area contributed by atoms with Crippen LogP contribution in [0.2, 0.25) is 20.1 Å². The molecule has 0 fully saturated rings. The van der Waals surface area contributed by atoms with E-state index in [0.717, 1.165) is 11.6 Å². The number of aliphatic carboxylic acids is 1. The van der Waals surface area contributed by atoms with Crippen LogP contribution in [0, 0.1) is 0 Å². The average Bonchev–Trinajstić information content (AvgIpc) is 0.870. The first-order chi connectivity index (χ1) is 47.6. The van der Waals surface area contributed by atoms with Crippen LogP contribution in [-0.2, 0) is 71.5 Å². The van der Waals surface area contributed by atoms with Gasteiger partial charge in [0.2, 0.25) is 29.5 Å². The van der Waals surface area contributed by atoms with E-state index in [-0.39, 0.29) is 141 Å². The lowest BCUT2D eigenvalue weighted by Gasteiger charge is -2.31. The number of rotatable bonds is 59. The number of aliphatic hydroxyl groups is 1. The number of carbonyl (C=O) groups is 7. The number of hydrogen-bond donors (Lipinski definition) is 10.